The predicted molar refractivity (Wildman–Crippen MR) is 103 cm³/mol. The van der Waals surface area contributed by atoms with Gasteiger partial charge in [-0.2, -0.15) is 0 Å². The molecule has 3 aliphatic rings. The Kier molecular flexibility index (Phi) is 4.88. The Labute approximate surface area is 158 Å². The SMILES string of the molecule is O=C(COCc1ccccc1)C1CC2(CN1)C(=O)NC1=C/C=C\C=C/C=C\12. The minimum absolute atomic E-state index is 0.0186. The van der Waals surface area contributed by atoms with Gasteiger partial charge in [-0.05, 0) is 23.6 Å². The van der Waals surface area contributed by atoms with Crippen molar-refractivity contribution in [1.29, 1.82) is 0 Å². The average Bonchev–Trinajstić information content (AvgIpc) is 3.20. The van der Waals surface area contributed by atoms with Crippen molar-refractivity contribution >= 4 is 11.7 Å². The highest BCUT2D eigenvalue weighted by atomic mass is 16.5. The lowest BCUT2D eigenvalue weighted by atomic mass is 9.78. The fraction of sp³-hybridized carbons (Fsp3) is 0.273. The van der Waals surface area contributed by atoms with Gasteiger partial charge in [-0.25, -0.2) is 0 Å². The average molecular weight is 362 g/mol. The molecule has 2 N–H and O–H groups in total. The molecule has 2 saturated heterocycles. The predicted octanol–water partition coefficient (Wildman–Crippen LogP) is 2.19. The Balaban J connectivity index is 1.41. The molecular formula is C22H22N2O3. The van der Waals surface area contributed by atoms with Crippen molar-refractivity contribution in [2.24, 2.45) is 5.41 Å². The minimum Gasteiger partial charge on any atom is -0.369 e. The van der Waals surface area contributed by atoms with E-state index in [1.807, 2.05) is 66.8 Å². The van der Waals surface area contributed by atoms with Gasteiger partial charge in [-0.15, -0.1) is 0 Å². The van der Waals surface area contributed by atoms with Gasteiger partial charge < -0.3 is 15.4 Å². The van der Waals surface area contributed by atoms with Crippen LogP contribution in [0.25, 0.3) is 0 Å². The van der Waals surface area contributed by atoms with E-state index in [4.69, 9.17) is 4.74 Å². The Bertz CT molecular complexity index is 867. The van der Waals surface area contributed by atoms with Gasteiger partial charge in [0.2, 0.25) is 5.91 Å². The zero-order valence-electron chi connectivity index (χ0n) is 15.0. The second-order valence-electron chi connectivity index (χ2n) is 7.05. The fourth-order valence-electron chi connectivity index (χ4n) is 3.84. The number of Topliss-reactive ketones (excluding diaryl/α,β-unsaturated/α-hetero) is 1. The molecule has 27 heavy (non-hydrogen) atoms. The summed E-state index contributed by atoms with van der Waals surface area (Å²) in [5.74, 6) is -0.0633. The van der Waals surface area contributed by atoms with E-state index >= 15 is 0 Å². The Morgan fingerprint density at radius 2 is 1.89 bits per heavy atom. The lowest BCUT2D eigenvalue weighted by Gasteiger charge is -2.20. The lowest BCUT2D eigenvalue weighted by molar-refractivity contribution is -0.126. The number of amides is 1. The molecule has 0 bridgehead atoms. The molecule has 5 nitrogen and oxygen atoms in total. The smallest absolute Gasteiger partial charge is 0.236 e. The summed E-state index contributed by atoms with van der Waals surface area (Å²) < 4.78 is 5.58. The van der Waals surface area contributed by atoms with Crippen LogP contribution < -0.4 is 10.6 Å². The number of carbonyl (C=O) groups excluding carboxylic acids is 2. The molecule has 2 fully saturated rings. The number of nitrogens with one attached hydrogen (secondary N) is 2. The zero-order valence-corrected chi connectivity index (χ0v) is 15.0. The van der Waals surface area contributed by atoms with Crippen LogP contribution in [0.4, 0.5) is 0 Å². The molecule has 2 atom stereocenters. The molecule has 1 aromatic carbocycles. The number of hydrogen-bond donors (Lipinski definition) is 2. The third-order valence-corrected chi connectivity index (χ3v) is 5.30. The monoisotopic (exact) mass is 362 g/mol. The number of fused-ring (bicyclic) bond motifs is 2. The van der Waals surface area contributed by atoms with Crippen LogP contribution in [0.3, 0.4) is 0 Å². The van der Waals surface area contributed by atoms with E-state index in [-0.39, 0.29) is 24.3 Å². The van der Waals surface area contributed by atoms with Crippen LogP contribution in [0.15, 0.2) is 78.1 Å². The molecule has 1 spiro atoms. The van der Waals surface area contributed by atoms with Gasteiger partial charge in [0.1, 0.15) is 6.61 Å². The van der Waals surface area contributed by atoms with Crippen molar-refractivity contribution in [1.82, 2.24) is 10.6 Å². The maximum absolute atomic E-state index is 12.7. The molecule has 1 aliphatic carbocycles. The van der Waals surface area contributed by atoms with Gasteiger partial charge in [0.25, 0.3) is 0 Å². The van der Waals surface area contributed by atoms with Crippen molar-refractivity contribution in [3.63, 3.8) is 0 Å². The van der Waals surface area contributed by atoms with Gasteiger partial charge >= 0.3 is 0 Å². The van der Waals surface area contributed by atoms with E-state index in [2.05, 4.69) is 10.6 Å². The molecule has 138 valence electrons. The second-order valence-corrected chi connectivity index (χ2v) is 7.05. The summed E-state index contributed by atoms with van der Waals surface area (Å²) in [4.78, 5) is 25.3. The molecule has 1 aromatic rings. The van der Waals surface area contributed by atoms with Crippen molar-refractivity contribution in [3.05, 3.63) is 83.6 Å². The summed E-state index contributed by atoms with van der Waals surface area (Å²) in [5.41, 5.74) is 2.10. The van der Waals surface area contributed by atoms with E-state index < -0.39 is 5.41 Å². The first kappa shape index (κ1) is 17.6. The van der Waals surface area contributed by atoms with E-state index in [0.717, 1.165) is 16.8 Å². The molecule has 4 rings (SSSR count). The lowest BCUT2D eigenvalue weighted by Crippen LogP contribution is -2.33. The normalized spacial score (nSPS) is 32.4. The number of carbonyl (C=O) groups is 2. The summed E-state index contributed by atoms with van der Waals surface area (Å²) in [7, 11) is 0. The van der Waals surface area contributed by atoms with Crippen LogP contribution in [0.1, 0.15) is 12.0 Å². The standard InChI is InChI=1S/C22H22N2O3/c25-20(14-27-13-16-8-4-3-5-9-16)19-12-22(15-23-19)17-10-6-1-2-7-11-18(17)24-21(22)26/h1-11,19,23H,12-15H2,(H,24,26)/b2-1?,6-1-,7-2-,10-6?,11-7?,17-10+,18-11+. The quantitative estimate of drug-likeness (QED) is 0.843. The first-order chi connectivity index (χ1) is 13.2. The highest BCUT2D eigenvalue weighted by molar-refractivity contribution is 5.97. The summed E-state index contributed by atoms with van der Waals surface area (Å²) >= 11 is 0. The summed E-state index contributed by atoms with van der Waals surface area (Å²) in [6.07, 6.45) is 12.0. The molecule has 5 heteroatoms. The second kappa shape index (κ2) is 7.47. The highest BCUT2D eigenvalue weighted by Gasteiger charge is 2.54. The van der Waals surface area contributed by atoms with Gasteiger partial charge in [0, 0.05) is 12.2 Å². The van der Waals surface area contributed by atoms with Crippen LogP contribution in [-0.4, -0.2) is 30.9 Å². The van der Waals surface area contributed by atoms with Crippen molar-refractivity contribution < 1.29 is 14.3 Å². The number of rotatable bonds is 5. The van der Waals surface area contributed by atoms with E-state index in [1.54, 1.807) is 0 Å². The molecule has 2 heterocycles. The molecular weight excluding hydrogens is 340 g/mol. The first-order valence-electron chi connectivity index (χ1n) is 9.14. The van der Waals surface area contributed by atoms with Crippen LogP contribution in [0.2, 0.25) is 0 Å². The third-order valence-electron chi connectivity index (χ3n) is 5.30. The Morgan fingerprint density at radius 3 is 2.70 bits per heavy atom. The van der Waals surface area contributed by atoms with Gasteiger partial charge in [0.05, 0.1) is 18.1 Å². The number of hydrogen-bond acceptors (Lipinski definition) is 4. The number of ether oxygens (including phenoxy) is 1. The molecule has 0 saturated carbocycles. The van der Waals surface area contributed by atoms with Crippen LogP contribution in [-0.2, 0) is 20.9 Å². The maximum Gasteiger partial charge on any atom is 0.236 e. The molecule has 2 unspecified atom stereocenters. The molecule has 2 aliphatic heterocycles. The van der Waals surface area contributed by atoms with Crippen molar-refractivity contribution in [3.8, 4) is 0 Å². The first-order valence-corrected chi connectivity index (χ1v) is 9.14. The molecule has 0 radical (unpaired) electrons. The van der Waals surface area contributed by atoms with Crippen LogP contribution >= 0.6 is 0 Å². The summed E-state index contributed by atoms with van der Waals surface area (Å²) in [5, 5.41) is 6.20. The van der Waals surface area contributed by atoms with E-state index in [9.17, 15) is 9.59 Å². The van der Waals surface area contributed by atoms with Crippen LogP contribution in [0.5, 0.6) is 0 Å². The summed E-state index contributed by atoms with van der Waals surface area (Å²) in [6, 6.07) is 9.38. The topological polar surface area (TPSA) is 67.4 Å². The third kappa shape index (κ3) is 3.44. The van der Waals surface area contributed by atoms with Gasteiger partial charge in [0.15, 0.2) is 5.78 Å². The number of benzene rings is 1. The van der Waals surface area contributed by atoms with E-state index in [0.29, 0.717) is 19.6 Å². The van der Waals surface area contributed by atoms with E-state index in [1.165, 1.54) is 0 Å². The largest absolute Gasteiger partial charge is 0.369 e. The maximum atomic E-state index is 12.7. The Morgan fingerprint density at radius 1 is 1.11 bits per heavy atom. The zero-order chi connectivity index (χ0) is 18.7. The molecule has 1 amide bonds. The van der Waals surface area contributed by atoms with Gasteiger partial charge in [-0.1, -0.05) is 60.7 Å². The number of ketones is 1. The Hall–Kier alpha value is -2.76. The van der Waals surface area contributed by atoms with Gasteiger partial charge in [-0.3, -0.25) is 9.59 Å². The number of allylic oxidation sites excluding steroid dienone is 7. The highest BCUT2D eigenvalue weighted by Crippen LogP contribution is 2.44. The van der Waals surface area contributed by atoms with Crippen molar-refractivity contribution in [2.75, 3.05) is 13.2 Å². The fourth-order valence-corrected chi connectivity index (χ4v) is 3.84. The minimum atomic E-state index is -0.693. The molecule has 0 aromatic heterocycles. The summed E-state index contributed by atoms with van der Waals surface area (Å²) in [6.45, 7) is 0.892. The van der Waals surface area contributed by atoms with Crippen molar-refractivity contribution in [2.45, 2.75) is 19.1 Å². The van der Waals surface area contributed by atoms with Crippen LogP contribution in [0, 0.1) is 5.41 Å².